The standard InChI is InChI=1S/C19H20N4O2/c24-19(23-10-3-6-17(23)13-22-11-9-20-21-22)14-25-18-8-7-15-4-1-2-5-16(15)12-18/h1-2,4-5,7-9,11-12,17H,3,6,10,13-14H2/t17-/m0/s1. The van der Waals surface area contributed by atoms with Crippen molar-refractivity contribution >= 4 is 16.7 Å². The fourth-order valence-corrected chi connectivity index (χ4v) is 3.39. The Morgan fingerprint density at radius 1 is 1.20 bits per heavy atom. The van der Waals surface area contributed by atoms with Gasteiger partial charge in [-0.15, -0.1) is 5.10 Å². The van der Waals surface area contributed by atoms with E-state index in [1.165, 1.54) is 0 Å². The van der Waals surface area contributed by atoms with Gasteiger partial charge in [-0.1, -0.05) is 35.5 Å². The molecule has 0 radical (unpaired) electrons. The molecule has 25 heavy (non-hydrogen) atoms. The first-order chi connectivity index (χ1) is 12.3. The molecule has 1 saturated heterocycles. The lowest BCUT2D eigenvalue weighted by Crippen LogP contribution is -2.40. The van der Waals surface area contributed by atoms with E-state index in [2.05, 4.69) is 16.4 Å². The van der Waals surface area contributed by atoms with Gasteiger partial charge in [-0.05, 0) is 35.7 Å². The second-order valence-electron chi connectivity index (χ2n) is 6.31. The Morgan fingerprint density at radius 2 is 2.08 bits per heavy atom. The minimum absolute atomic E-state index is 0.0239. The van der Waals surface area contributed by atoms with Crippen molar-refractivity contribution in [2.45, 2.75) is 25.4 Å². The van der Waals surface area contributed by atoms with Gasteiger partial charge in [0.1, 0.15) is 5.75 Å². The molecule has 2 aromatic carbocycles. The zero-order valence-corrected chi connectivity index (χ0v) is 13.9. The molecule has 0 N–H and O–H groups in total. The quantitative estimate of drug-likeness (QED) is 0.718. The lowest BCUT2D eigenvalue weighted by Gasteiger charge is -2.24. The average molecular weight is 336 g/mol. The van der Waals surface area contributed by atoms with Crippen molar-refractivity contribution in [2.75, 3.05) is 13.2 Å². The monoisotopic (exact) mass is 336 g/mol. The first-order valence-electron chi connectivity index (χ1n) is 8.55. The number of hydrogen-bond donors (Lipinski definition) is 0. The van der Waals surface area contributed by atoms with Gasteiger partial charge in [0.2, 0.25) is 0 Å². The lowest BCUT2D eigenvalue weighted by atomic mass is 10.1. The van der Waals surface area contributed by atoms with Crippen LogP contribution in [0.2, 0.25) is 0 Å². The molecule has 1 aliphatic heterocycles. The third-order valence-corrected chi connectivity index (χ3v) is 4.65. The van der Waals surface area contributed by atoms with E-state index in [9.17, 15) is 4.79 Å². The van der Waals surface area contributed by atoms with Crippen LogP contribution < -0.4 is 4.74 Å². The Bertz CT molecular complexity index is 863. The van der Waals surface area contributed by atoms with Crippen molar-refractivity contribution in [3.8, 4) is 5.75 Å². The molecular formula is C19H20N4O2. The van der Waals surface area contributed by atoms with Gasteiger partial charge in [0, 0.05) is 12.7 Å². The molecule has 128 valence electrons. The fourth-order valence-electron chi connectivity index (χ4n) is 3.39. The highest BCUT2D eigenvalue weighted by Crippen LogP contribution is 2.22. The van der Waals surface area contributed by atoms with Gasteiger partial charge < -0.3 is 9.64 Å². The van der Waals surface area contributed by atoms with Crippen LogP contribution in [0.1, 0.15) is 12.8 Å². The van der Waals surface area contributed by atoms with Crippen molar-refractivity contribution in [1.29, 1.82) is 0 Å². The van der Waals surface area contributed by atoms with Gasteiger partial charge >= 0.3 is 0 Å². The third-order valence-electron chi connectivity index (χ3n) is 4.65. The van der Waals surface area contributed by atoms with E-state index < -0.39 is 0 Å². The van der Waals surface area contributed by atoms with Crippen LogP contribution in [0.3, 0.4) is 0 Å². The Balaban J connectivity index is 1.38. The zero-order chi connectivity index (χ0) is 17.1. The SMILES string of the molecule is O=C(COc1ccc2ccccc2c1)N1CCC[C@H]1Cn1ccnn1. The van der Waals surface area contributed by atoms with Crippen LogP contribution in [0.5, 0.6) is 5.75 Å². The maximum atomic E-state index is 12.6. The summed E-state index contributed by atoms with van der Waals surface area (Å²) in [6, 6.07) is 14.2. The number of carbonyl (C=O) groups is 1. The third kappa shape index (κ3) is 3.47. The van der Waals surface area contributed by atoms with Gasteiger partial charge in [0.25, 0.3) is 5.91 Å². The molecule has 0 saturated carbocycles. The van der Waals surface area contributed by atoms with Crippen LogP contribution in [0, 0.1) is 0 Å². The summed E-state index contributed by atoms with van der Waals surface area (Å²) in [5, 5.41) is 10.1. The second kappa shape index (κ2) is 6.93. The highest BCUT2D eigenvalue weighted by Gasteiger charge is 2.29. The number of ether oxygens (including phenoxy) is 1. The van der Waals surface area contributed by atoms with Crippen LogP contribution >= 0.6 is 0 Å². The van der Waals surface area contributed by atoms with Crippen LogP contribution in [-0.4, -0.2) is 45.0 Å². The Hall–Kier alpha value is -2.89. The maximum Gasteiger partial charge on any atom is 0.260 e. The smallest absolute Gasteiger partial charge is 0.260 e. The fraction of sp³-hybridized carbons (Fsp3) is 0.316. The van der Waals surface area contributed by atoms with Crippen molar-refractivity contribution in [2.24, 2.45) is 0 Å². The van der Waals surface area contributed by atoms with E-state index in [-0.39, 0.29) is 18.6 Å². The van der Waals surface area contributed by atoms with Crippen LogP contribution in [0.25, 0.3) is 10.8 Å². The molecule has 0 bridgehead atoms. The van der Waals surface area contributed by atoms with Crippen molar-refractivity contribution in [3.63, 3.8) is 0 Å². The highest BCUT2D eigenvalue weighted by atomic mass is 16.5. The summed E-state index contributed by atoms with van der Waals surface area (Å²) in [4.78, 5) is 14.5. The van der Waals surface area contributed by atoms with E-state index in [0.717, 1.165) is 35.9 Å². The molecule has 0 spiro atoms. The Kier molecular flexibility index (Phi) is 4.33. The molecule has 1 aromatic heterocycles. The summed E-state index contributed by atoms with van der Waals surface area (Å²) in [6.45, 7) is 1.52. The molecule has 1 fully saturated rings. The number of carbonyl (C=O) groups excluding carboxylic acids is 1. The van der Waals surface area contributed by atoms with Crippen molar-refractivity contribution < 1.29 is 9.53 Å². The average Bonchev–Trinajstić information content (AvgIpc) is 3.32. The first kappa shape index (κ1) is 15.6. The molecule has 0 unspecified atom stereocenters. The van der Waals surface area contributed by atoms with Crippen LogP contribution in [-0.2, 0) is 11.3 Å². The molecular weight excluding hydrogens is 316 g/mol. The van der Waals surface area contributed by atoms with Gasteiger partial charge in [-0.3, -0.25) is 9.48 Å². The molecule has 6 nitrogen and oxygen atoms in total. The molecule has 2 heterocycles. The maximum absolute atomic E-state index is 12.6. The largest absolute Gasteiger partial charge is 0.484 e. The number of benzene rings is 2. The van der Waals surface area contributed by atoms with Crippen molar-refractivity contribution in [3.05, 3.63) is 54.9 Å². The zero-order valence-electron chi connectivity index (χ0n) is 13.9. The topological polar surface area (TPSA) is 60.2 Å². The molecule has 1 amide bonds. The number of fused-ring (bicyclic) bond motifs is 1. The van der Waals surface area contributed by atoms with Crippen LogP contribution in [0.4, 0.5) is 0 Å². The number of likely N-dealkylation sites (tertiary alicyclic amines) is 1. The summed E-state index contributed by atoms with van der Waals surface area (Å²) in [6.07, 6.45) is 5.49. The minimum Gasteiger partial charge on any atom is -0.484 e. The van der Waals surface area contributed by atoms with Gasteiger partial charge in [0.15, 0.2) is 6.61 Å². The number of amides is 1. The summed E-state index contributed by atoms with van der Waals surface area (Å²) in [5.41, 5.74) is 0. The summed E-state index contributed by atoms with van der Waals surface area (Å²) < 4.78 is 7.52. The van der Waals surface area contributed by atoms with E-state index >= 15 is 0 Å². The Morgan fingerprint density at radius 3 is 2.92 bits per heavy atom. The molecule has 6 heteroatoms. The number of hydrogen-bond acceptors (Lipinski definition) is 4. The second-order valence-corrected chi connectivity index (χ2v) is 6.31. The summed E-state index contributed by atoms with van der Waals surface area (Å²) >= 11 is 0. The molecule has 1 atom stereocenters. The van der Waals surface area contributed by atoms with E-state index in [1.54, 1.807) is 10.9 Å². The lowest BCUT2D eigenvalue weighted by molar-refractivity contribution is -0.134. The predicted molar refractivity (Wildman–Crippen MR) is 94.2 cm³/mol. The van der Waals surface area contributed by atoms with Gasteiger partial charge in [-0.25, -0.2) is 0 Å². The van der Waals surface area contributed by atoms with E-state index in [0.29, 0.717) is 6.54 Å². The van der Waals surface area contributed by atoms with Crippen LogP contribution in [0.15, 0.2) is 54.9 Å². The normalized spacial score (nSPS) is 17.1. The number of rotatable bonds is 5. The number of aromatic nitrogens is 3. The van der Waals surface area contributed by atoms with Gasteiger partial charge in [0.05, 0.1) is 18.8 Å². The van der Waals surface area contributed by atoms with Crippen molar-refractivity contribution in [1.82, 2.24) is 19.9 Å². The Labute approximate surface area is 146 Å². The molecule has 0 aliphatic carbocycles. The number of nitrogens with zero attached hydrogens (tertiary/aromatic N) is 4. The summed E-state index contributed by atoms with van der Waals surface area (Å²) in [5.74, 6) is 0.745. The first-order valence-corrected chi connectivity index (χ1v) is 8.55. The molecule has 4 rings (SSSR count). The van der Waals surface area contributed by atoms with E-state index in [1.807, 2.05) is 47.5 Å². The minimum atomic E-state index is 0.0239. The molecule has 3 aromatic rings. The summed E-state index contributed by atoms with van der Waals surface area (Å²) in [7, 11) is 0. The highest BCUT2D eigenvalue weighted by molar-refractivity contribution is 5.84. The predicted octanol–water partition coefficient (Wildman–Crippen LogP) is 2.50. The molecule has 1 aliphatic rings. The van der Waals surface area contributed by atoms with Gasteiger partial charge in [-0.2, -0.15) is 0 Å². The van der Waals surface area contributed by atoms with E-state index in [4.69, 9.17) is 4.74 Å².